The molecule has 5 rings (SSSR count). The van der Waals surface area contributed by atoms with Crippen molar-refractivity contribution in [3.63, 3.8) is 0 Å². The topological polar surface area (TPSA) is 77.1 Å². The van der Waals surface area contributed by atoms with Crippen molar-refractivity contribution in [1.82, 2.24) is 4.98 Å². The third-order valence-corrected chi connectivity index (χ3v) is 5.36. The summed E-state index contributed by atoms with van der Waals surface area (Å²) in [5, 5.41) is 30.8. The lowest BCUT2D eigenvalue weighted by atomic mass is 9.92. The number of hydrogen-bond acceptors (Lipinski definition) is 4. The maximum absolute atomic E-state index is 14.6. The van der Waals surface area contributed by atoms with Crippen molar-refractivity contribution < 1.29 is 19.0 Å². The maximum Gasteiger partial charge on any atom is 0.165 e. The van der Waals surface area contributed by atoms with Gasteiger partial charge in [0, 0.05) is 29.0 Å². The van der Waals surface area contributed by atoms with Crippen molar-refractivity contribution >= 4 is 11.1 Å². The molecule has 0 amide bonds. The first-order chi connectivity index (χ1) is 14.0. The highest BCUT2D eigenvalue weighted by Crippen LogP contribution is 2.55. The Bertz CT molecular complexity index is 1320. The Kier molecular flexibility index (Phi) is 3.63. The number of halogens is 2. The van der Waals surface area contributed by atoms with Crippen LogP contribution in [0.25, 0.3) is 22.4 Å². The highest BCUT2D eigenvalue weighted by molar-refractivity contribution is 6.09. The number of benzene rings is 2. The Labute approximate surface area is 164 Å². The molecule has 2 aliphatic rings. The van der Waals surface area contributed by atoms with Gasteiger partial charge in [0.15, 0.2) is 11.6 Å². The number of allylic oxidation sites excluding steroid dienone is 1. The molecule has 0 saturated heterocycles. The predicted molar refractivity (Wildman–Crippen MR) is 102 cm³/mol. The fraction of sp³-hybridized carbons (Fsp3) is 0.0435. The zero-order valence-corrected chi connectivity index (χ0v) is 14.8. The van der Waals surface area contributed by atoms with Crippen LogP contribution in [-0.4, -0.2) is 15.2 Å². The number of rotatable bonds is 0. The molecule has 1 unspecified atom stereocenters. The first kappa shape index (κ1) is 17.3. The van der Waals surface area contributed by atoms with Gasteiger partial charge >= 0.3 is 0 Å². The van der Waals surface area contributed by atoms with Crippen molar-refractivity contribution in [2.45, 2.75) is 6.10 Å². The summed E-state index contributed by atoms with van der Waals surface area (Å²) in [6.45, 7) is 0. The first-order valence-corrected chi connectivity index (χ1v) is 8.83. The zero-order chi connectivity index (χ0) is 20.3. The lowest BCUT2D eigenvalue weighted by Gasteiger charge is -2.13. The van der Waals surface area contributed by atoms with E-state index in [0.29, 0.717) is 33.5 Å². The fourth-order valence-corrected chi connectivity index (χ4v) is 4.24. The van der Waals surface area contributed by atoms with Crippen LogP contribution in [0.1, 0.15) is 28.4 Å². The third kappa shape index (κ3) is 2.22. The molecule has 1 aromatic heterocycles. The quantitative estimate of drug-likeness (QED) is 0.436. The van der Waals surface area contributed by atoms with E-state index in [-0.39, 0.29) is 22.4 Å². The second-order valence-corrected chi connectivity index (χ2v) is 6.80. The molecule has 4 nitrogen and oxygen atoms in total. The number of aromatic hydroxyl groups is 1. The highest BCUT2D eigenvalue weighted by Gasteiger charge is 2.40. The van der Waals surface area contributed by atoms with Crippen molar-refractivity contribution in [2.24, 2.45) is 0 Å². The number of pyridine rings is 1. The molecule has 29 heavy (non-hydrogen) atoms. The Morgan fingerprint density at radius 1 is 1.03 bits per heavy atom. The Balaban J connectivity index is 1.93. The molecule has 0 fully saturated rings. The summed E-state index contributed by atoms with van der Waals surface area (Å²) in [5.41, 5.74) is 3.45. The van der Waals surface area contributed by atoms with Gasteiger partial charge in [-0.25, -0.2) is 8.78 Å². The molecule has 2 aliphatic carbocycles. The minimum atomic E-state index is -1.48. The number of aromatic nitrogens is 1. The Hall–Kier alpha value is -3.82. The van der Waals surface area contributed by atoms with Crippen LogP contribution in [0.15, 0.2) is 60.3 Å². The van der Waals surface area contributed by atoms with Gasteiger partial charge in [-0.3, -0.25) is 4.98 Å². The van der Waals surface area contributed by atoms with Gasteiger partial charge < -0.3 is 10.2 Å². The van der Waals surface area contributed by atoms with Gasteiger partial charge in [-0.2, -0.15) is 5.26 Å². The highest BCUT2D eigenvalue weighted by atomic mass is 19.2. The molecule has 2 aromatic carbocycles. The zero-order valence-electron chi connectivity index (χ0n) is 14.8. The van der Waals surface area contributed by atoms with E-state index in [9.17, 15) is 24.3 Å². The minimum absolute atomic E-state index is 0.0195. The van der Waals surface area contributed by atoms with Gasteiger partial charge in [0.2, 0.25) is 0 Å². The molecule has 3 aromatic rings. The van der Waals surface area contributed by atoms with E-state index in [4.69, 9.17) is 0 Å². The van der Waals surface area contributed by atoms with Gasteiger partial charge in [0.1, 0.15) is 11.9 Å². The normalized spacial score (nSPS) is 20.3. The van der Waals surface area contributed by atoms with Crippen molar-refractivity contribution in [1.29, 1.82) is 5.26 Å². The van der Waals surface area contributed by atoms with E-state index < -0.39 is 17.7 Å². The lowest BCUT2D eigenvalue weighted by molar-refractivity contribution is 0.219. The minimum Gasteiger partial charge on any atom is -0.507 e. The average molecular weight is 386 g/mol. The number of nitrogens with zero attached hydrogens (tertiary/aromatic N) is 2. The molecular formula is C23H12F2N2O2. The van der Waals surface area contributed by atoms with E-state index >= 15 is 0 Å². The second kappa shape index (κ2) is 6.09. The average Bonchev–Trinajstić information content (AvgIpc) is 3.18. The second-order valence-electron chi connectivity index (χ2n) is 6.80. The van der Waals surface area contributed by atoms with Crippen LogP contribution in [0.3, 0.4) is 0 Å². The predicted octanol–water partition coefficient (Wildman–Crippen LogP) is 4.50. The van der Waals surface area contributed by atoms with Crippen LogP contribution in [0.5, 0.6) is 5.75 Å². The van der Waals surface area contributed by atoms with Crippen LogP contribution in [0.2, 0.25) is 0 Å². The van der Waals surface area contributed by atoms with Crippen molar-refractivity contribution in [3.8, 4) is 23.1 Å². The van der Waals surface area contributed by atoms with Gasteiger partial charge in [-0.05, 0) is 40.5 Å². The van der Waals surface area contributed by atoms with Gasteiger partial charge in [0.05, 0.1) is 17.3 Å². The molecule has 140 valence electrons. The molecule has 1 atom stereocenters. The summed E-state index contributed by atoms with van der Waals surface area (Å²) < 4.78 is 28.4. The van der Waals surface area contributed by atoms with Crippen LogP contribution in [-0.2, 0) is 0 Å². The molecule has 0 aliphatic heterocycles. The van der Waals surface area contributed by atoms with Crippen molar-refractivity contribution in [3.05, 3.63) is 94.2 Å². The Morgan fingerprint density at radius 2 is 1.83 bits per heavy atom. The summed E-state index contributed by atoms with van der Waals surface area (Å²) >= 11 is 0. The number of hydrogen-bond donors (Lipinski definition) is 2. The number of aliphatic hydroxyl groups is 1. The molecular weight excluding hydrogens is 374 g/mol. The summed E-state index contributed by atoms with van der Waals surface area (Å²) in [5.74, 6) is -2.20. The number of aliphatic hydroxyl groups excluding tert-OH is 1. The van der Waals surface area contributed by atoms with E-state index in [2.05, 4.69) is 4.98 Å². The van der Waals surface area contributed by atoms with Crippen LogP contribution >= 0.6 is 0 Å². The smallest absolute Gasteiger partial charge is 0.165 e. The van der Waals surface area contributed by atoms with Crippen molar-refractivity contribution in [2.75, 3.05) is 0 Å². The van der Waals surface area contributed by atoms with Crippen LogP contribution in [0.4, 0.5) is 8.78 Å². The maximum atomic E-state index is 14.6. The molecule has 0 radical (unpaired) electrons. The molecule has 2 N–H and O–H groups in total. The fourth-order valence-electron chi connectivity index (χ4n) is 4.24. The van der Waals surface area contributed by atoms with E-state index in [1.807, 2.05) is 6.07 Å². The monoisotopic (exact) mass is 386 g/mol. The van der Waals surface area contributed by atoms with Gasteiger partial charge in [0.25, 0.3) is 0 Å². The van der Waals surface area contributed by atoms with Gasteiger partial charge in [-0.1, -0.05) is 24.3 Å². The standard InChI is InChI=1S/C23H12F2N2O2/c24-15-7-6-11-12(8-9-26)19(23(29)20(11)21(15)25)17-13-3-1-5-16(28)18(13)22-14(17)4-2-10-27-22/h1-8,10,23,28-29H/b12-8+,19-17-. The van der Waals surface area contributed by atoms with Gasteiger partial charge in [-0.15, -0.1) is 0 Å². The molecule has 0 saturated carbocycles. The number of fused-ring (bicyclic) bond motifs is 4. The van der Waals surface area contributed by atoms with Crippen LogP contribution in [0, 0.1) is 23.0 Å². The number of nitriles is 1. The van der Waals surface area contributed by atoms with E-state index in [0.717, 1.165) is 6.07 Å². The van der Waals surface area contributed by atoms with E-state index in [1.165, 1.54) is 18.2 Å². The number of phenols is 1. The molecule has 0 bridgehead atoms. The SMILES string of the molecule is N#C/C=C1/C(=C2/c3cccnc3-c3c(O)cccc32)C(O)c2c1ccc(F)c2F. The Morgan fingerprint density at radius 3 is 2.62 bits per heavy atom. The summed E-state index contributed by atoms with van der Waals surface area (Å²) in [7, 11) is 0. The first-order valence-electron chi connectivity index (χ1n) is 8.83. The lowest BCUT2D eigenvalue weighted by Crippen LogP contribution is -2.02. The third-order valence-electron chi connectivity index (χ3n) is 5.36. The summed E-state index contributed by atoms with van der Waals surface area (Å²) in [4.78, 5) is 4.37. The van der Waals surface area contributed by atoms with Crippen LogP contribution < -0.4 is 0 Å². The number of phenolic OH excluding ortho intramolecular Hbond substituents is 1. The largest absolute Gasteiger partial charge is 0.507 e. The summed E-state index contributed by atoms with van der Waals surface area (Å²) in [6, 6.07) is 12.7. The molecule has 0 spiro atoms. The summed E-state index contributed by atoms with van der Waals surface area (Å²) in [6.07, 6.45) is 1.33. The molecule has 1 heterocycles. The molecule has 6 heteroatoms. The van der Waals surface area contributed by atoms with E-state index in [1.54, 1.807) is 30.5 Å².